The van der Waals surface area contributed by atoms with Gasteiger partial charge in [0.25, 0.3) is 0 Å². The molecule has 0 saturated carbocycles. The number of rotatable bonds is 9. The summed E-state index contributed by atoms with van der Waals surface area (Å²) in [5.41, 5.74) is -1.04. The Morgan fingerprint density at radius 3 is 2.54 bits per heavy atom. The average molecular weight is 338 g/mol. The van der Waals surface area contributed by atoms with Crippen molar-refractivity contribution in [3.63, 3.8) is 0 Å². The zero-order valence-electron chi connectivity index (χ0n) is 15.6. The molecule has 1 fully saturated rings. The van der Waals surface area contributed by atoms with Crippen molar-refractivity contribution in [3.8, 4) is 6.07 Å². The van der Waals surface area contributed by atoms with Crippen molar-refractivity contribution < 1.29 is 19.1 Å². The molecule has 0 aromatic carbocycles. The molecule has 6 heteroatoms. The van der Waals surface area contributed by atoms with Crippen LogP contribution in [-0.4, -0.2) is 48.7 Å². The number of hydrogen-bond donors (Lipinski definition) is 0. The van der Waals surface area contributed by atoms with Crippen molar-refractivity contribution in [2.24, 2.45) is 5.41 Å². The fraction of sp³-hybridized carbons (Fsp3) is 0.833. The molecule has 136 valence electrons. The topological polar surface area (TPSA) is 79.6 Å². The largest absolute Gasteiger partial charge is 0.466 e. The average Bonchev–Trinajstić information content (AvgIpc) is 2.91. The number of nitrogens with zero attached hydrogens (tertiary/aromatic N) is 2. The highest BCUT2D eigenvalue weighted by atomic mass is 16.5. The minimum absolute atomic E-state index is 0.100. The van der Waals surface area contributed by atoms with Crippen LogP contribution in [0.25, 0.3) is 0 Å². The van der Waals surface area contributed by atoms with Crippen LogP contribution in [0.3, 0.4) is 0 Å². The quantitative estimate of drug-likeness (QED) is 0.604. The minimum Gasteiger partial charge on any atom is -0.466 e. The van der Waals surface area contributed by atoms with E-state index in [1.54, 1.807) is 7.11 Å². The van der Waals surface area contributed by atoms with Gasteiger partial charge in [-0.15, -0.1) is 0 Å². The van der Waals surface area contributed by atoms with Crippen LogP contribution >= 0.6 is 0 Å². The van der Waals surface area contributed by atoms with E-state index in [9.17, 15) is 14.9 Å². The van der Waals surface area contributed by atoms with Gasteiger partial charge in [-0.1, -0.05) is 0 Å². The van der Waals surface area contributed by atoms with Gasteiger partial charge in [-0.3, -0.25) is 9.59 Å². The summed E-state index contributed by atoms with van der Waals surface area (Å²) in [4.78, 5) is 25.0. The molecule has 0 aromatic rings. The van der Waals surface area contributed by atoms with E-state index in [4.69, 9.17) is 9.47 Å². The van der Waals surface area contributed by atoms with Crippen LogP contribution in [0.15, 0.2) is 0 Å². The Balaban J connectivity index is 2.86. The van der Waals surface area contributed by atoms with Gasteiger partial charge in [-0.05, 0) is 40.0 Å². The monoisotopic (exact) mass is 338 g/mol. The highest BCUT2D eigenvalue weighted by Gasteiger charge is 2.38. The second-order valence-electron chi connectivity index (χ2n) is 7.49. The molecule has 1 rings (SSSR count). The molecule has 1 aliphatic rings. The molecule has 2 atom stereocenters. The molecule has 1 amide bonds. The molecule has 0 aliphatic carbocycles. The van der Waals surface area contributed by atoms with E-state index in [0.717, 1.165) is 6.42 Å². The maximum atomic E-state index is 12.1. The van der Waals surface area contributed by atoms with Crippen molar-refractivity contribution in [3.05, 3.63) is 0 Å². The van der Waals surface area contributed by atoms with Crippen LogP contribution in [0.4, 0.5) is 0 Å². The van der Waals surface area contributed by atoms with Gasteiger partial charge in [0.15, 0.2) is 0 Å². The summed E-state index contributed by atoms with van der Waals surface area (Å²) < 4.78 is 10.5. The fourth-order valence-electron chi connectivity index (χ4n) is 3.45. The molecule has 1 heterocycles. The van der Waals surface area contributed by atoms with Gasteiger partial charge in [0.05, 0.1) is 23.7 Å². The Bertz CT molecular complexity index is 498. The van der Waals surface area contributed by atoms with Crippen LogP contribution in [0, 0.1) is 16.7 Å². The Hall–Kier alpha value is -1.61. The van der Waals surface area contributed by atoms with Crippen molar-refractivity contribution in [2.45, 2.75) is 71.4 Å². The first-order valence-corrected chi connectivity index (χ1v) is 8.52. The molecule has 1 aliphatic heterocycles. The SMILES string of the molecule is COC(C)(C)CC(C)(C#N)CC(CCOC(C)=O)N1CCCC1=O. The smallest absolute Gasteiger partial charge is 0.302 e. The van der Waals surface area contributed by atoms with Gasteiger partial charge < -0.3 is 14.4 Å². The lowest BCUT2D eigenvalue weighted by Gasteiger charge is -2.37. The maximum Gasteiger partial charge on any atom is 0.302 e. The number of carbonyl (C=O) groups excluding carboxylic acids is 2. The number of carbonyl (C=O) groups is 2. The summed E-state index contributed by atoms with van der Waals surface area (Å²) in [7, 11) is 1.64. The Morgan fingerprint density at radius 2 is 2.08 bits per heavy atom. The number of likely N-dealkylation sites (tertiary alicyclic amines) is 1. The van der Waals surface area contributed by atoms with E-state index in [1.165, 1.54) is 6.92 Å². The number of esters is 1. The lowest BCUT2D eigenvalue weighted by molar-refractivity contribution is -0.141. The molecule has 0 aromatic heterocycles. The first kappa shape index (κ1) is 20.4. The number of ether oxygens (including phenoxy) is 2. The van der Waals surface area contributed by atoms with Crippen molar-refractivity contribution >= 4 is 11.9 Å². The molecular weight excluding hydrogens is 308 g/mol. The van der Waals surface area contributed by atoms with Gasteiger partial charge >= 0.3 is 5.97 Å². The van der Waals surface area contributed by atoms with Crippen LogP contribution in [0.2, 0.25) is 0 Å². The predicted molar refractivity (Wildman–Crippen MR) is 90.0 cm³/mol. The summed E-state index contributed by atoms with van der Waals surface area (Å²) >= 11 is 0. The van der Waals surface area contributed by atoms with Crippen LogP contribution in [-0.2, 0) is 19.1 Å². The molecule has 0 bridgehead atoms. The summed E-state index contributed by atoms with van der Waals surface area (Å²) in [5, 5.41) is 9.72. The number of amides is 1. The second kappa shape index (κ2) is 8.48. The van der Waals surface area contributed by atoms with E-state index in [-0.39, 0.29) is 24.5 Å². The Morgan fingerprint density at radius 1 is 1.42 bits per heavy atom. The lowest BCUT2D eigenvalue weighted by Crippen LogP contribution is -2.42. The summed E-state index contributed by atoms with van der Waals surface area (Å²) in [6.07, 6.45) is 3.06. The molecule has 0 radical (unpaired) electrons. The standard InChI is InChI=1S/C18H30N2O4/c1-14(21)24-10-8-15(20-9-6-7-16(20)22)11-18(4,13-19)12-17(2,3)23-5/h15H,6-12H2,1-5H3. The molecule has 6 nitrogen and oxygen atoms in total. The lowest BCUT2D eigenvalue weighted by atomic mass is 9.76. The molecular formula is C18H30N2O4. The third-order valence-corrected chi connectivity index (χ3v) is 4.63. The van der Waals surface area contributed by atoms with Gasteiger partial charge in [0, 0.05) is 39.5 Å². The van der Waals surface area contributed by atoms with Crippen LogP contribution in [0.1, 0.15) is 59.8 Å². The second-order valence-corrected chi connectivity index (χ2v) is 7.49. The van der Waals surface area contributed by atoms with Gasteiger partial charge in [-0.25, -0.2) is 0 Å². The van der Waals surface area contributed by atoms with Crippen molar-refractivity contribution in [2.75, 3.05) is 20.3 Å². The summed E-state index contributed by atoms with van der Waals surface area (Å²) in [5.74, 6) is -0.209. The highest BCUT2D eigenvalue weighted by Crippen LogP contribution is 2.36. The van der Waals surface area contributed by atoms with E-state index < -0.39 is 11.0 Å². The first-order valence-electron chi connectivity index (χ1n) is 8.52. The fourth-order valence-corrected chi connectivity index (χ4v) is 3.45. The third kappa shape index (κ3) is 6.12. The summed E-state index contributed by atoms with van der Waals surface area (Å²) in [6, 6.07) is 2.31. The Labute approximate surface area is 145 Å². The van der Waals surface area contributed by atoms with Crippen LogP contribution < -0.4 is 0 Å². The van der Waals surface area contributed by atoms with Crippen LogP contribution in [0.5, 0.6) is 0 Å². The number of nitriles is 1. The van der Waals surface area contributed by atoms with Crippen molar-refractivity contribution in [1.82, 2.24) is 4.90 Å². The maximum absolute atomic E-state index is 12.1. The van der Waals surface area contributed by atoms with E-state index >= 15 is 0 Å². The number of hydrogen-bond acceptors (Lipinski definition) is 5. The van der Waals surface area contributed by atoms with Gasteiger partial charge in [-0.2, -0.15) is 5.26 Å². The van der Waals surface area contributed by atoms with Gasteiger partial charge in [0.1, 0.15) is 0 Å². The minimum atomic E-state index is -0.622. The molecule has 0 spiro atoms. The molecule has 2 unspecified atom stereocenters. The zero-order valence-corrected chi connectivity index (χ0v) is 15.6. The van der Waals surface area contributed by atoms with E-state index in [2.05, 4.69) is 6.07 Å². The van der Waals surface area contributed by atoms with Crippen molar-refractivity contribution in [1.29, 1.82) is 5.26 Å². The molecule has 0 N–H and O–H groups in total. The normalized spacial score (nSPS) is 18.8. The first-order chi connectivity index (χ1) is 11.1. The number of methoxy groups -OCH3 is 1. The molecule has 1 saturated heterocycles. The van der Waals surface area contributed by atoms with E-state index in [1.807, 2.05) is 25.7 Å². The van der Waals surface area contributed by atoms with Gasteiger partial charge in [0.2, 0.25) is 5.91 Å². The third-order valence-electron chi connectivity index (χ3n) is 4.63. The summed E-state index contributed by atoms with van der Waals surface area (Å²) in [6.45, 7) is 8.16. The van der Waals surface area contributed by atoms with E-state index in [0.29, 0.717) is 32.2 Å². The molecule has 24 heavy (non-hydrogen) atoms. The predicted octanol–water partition coefficient (Wildman–Crippen LogP) is 2.67. The highest BCUT2D eigenvalue weighted by molar-refractivity contribution is 5.78. The zero-order chi connectivity index (χ0) is 18.4. The Kier molecular flexibility index (Phi) is 7.22.